The molecule has 1 aromatic rings. The molecule has 1 N–H and O–H groups in total. The highest BCUT2D eigenvalue weighted by Gasteiger charge is 2.11. The van der Waals surface area contributed by atoms with Gasteiger partial charge in [0.15, 0.2) is 0 Å². The van der Waals surface area contributed by atoms with E-state index in [1.54, 1.807) is 31.4 Å². The molecule has 88 valence electrons. The summed E-state index contributed by atoms with van der Waals surface area (Å²) in [6, 6.07) is 6.86. The number of ether oxygens (including phenoxy) is 1. The fourth-order valence-electron chi connectivity index (χ4n) is 1.33. The highest BCUT2D eigenvalue weighted by Crippen LogP contribution is 2.09. The van der Waals surface area contributed by atoms with Crippen molar-refractivity contribution in [3.63, 3.8) is 0 Å². The lowest BCUT2D eigenvalue weighted by Crippen LogP contribution is -2.37. The number of rotatable bonds is 5. The largest absolute Gasteiger partial charge is 0.383 e. The molecular formula is C12H16ClNO2. The van der Waals surface area contributed by atoms with E-state index in [2.05, 4.69) is 5.32 Å². The Labute approximate surface area is 101 Å². The fourth-order valence-corrected chi connectivity index (χ4v) is 1.46. The topological polar surface area (TPSA) is 38.3 Å². The third kappa shape index (κ3) is 3.83. The molecular weight excluding hydrogens is 226 g/mol. The molecule has 0 bridgehead atoms. The van der Waals surface area contributed by atoms with Crippen molar-refractivity contribution in [2.75, 3.05) is 13.7 Å². The van der Waals surface area contributed by atoms with E-state index in [4.69, 9.17) is 16.3 Å². The molecule has 0 fully saturated rings. The van der Waals surface area contributed by atoms with Gasteiger partial charge in [-0.3, -0.25) is 4.79 Å². The predicted octanol–water partition coefficient (Wildman–Crippen LogP) is 2.49. The van der Waals surface area contributed by atoms with Gasteiger partial charge in [0, 0.05) is 17.7 Å². The summed E-state index contributed by atoms with van der Waals surface area (Å²) >= 11 is 5.75. The molecule has 0 aliphatic heterocycles. The maximum atomic E-state index is 11.8. The Bertz CT molecular complexity index is 337. The molecule has 1 rings (SSSR count). The van der Waals surface area contributed by atoms with E-state index in [0.717, 1.165) is 6.42 Å². The van der Waals surface area contributed by atoms with Crippen LogP contribution in [0, 0.1) is 0 Å². The van der Waals surface area contributed by atoms with Crippen LogP contribution in [0.2, 0.25) is 5.02 Å². The standard InChI is InChI=1S/C12H16ClNO2/c1-3-11(8-16-2)14-12(15)9-4-6-10(13)7-5-9/h4-7,11H,3,8H2,1-2H3,(H,14,15)/t11-/m0/s1. The van der Waals surface area contributed by atoms with E-state index in [0.29, 0.717) is 17.2 Å². The van der Waals surface area contributed by atoms with Gasteiger partial charge in [0.25, 0.3) is 5.91 Å². The van der Waals surface area contributed by atoms with E-state index < -0.39 is 0 Å². The molecule has 0 aliphatic rings. The molecule has 16 heavy (non-hydrogen) atoms. The zero-order valence-corrected chi connectivity index (χ0v) is 10.3. The van der Waals surface area contributed by atoms with Crippen molar-refractivity contribution in [1.29, 1.82) is 0 Å². The number of nitrogens with one attached hydrogen (secondary N) is 1. The molecule has 1 atom stereocenters. The molecule has 0 heterocycles. The SMILES string of the molecule is CC[C@@H](COC)NC(=O)c1ccc(Cl)cc1. The molecule has 1 amide bonds. The Morgan fingerprint density at radius 1 is 1.44 bits per heavy atom. The first-order chi connectivity index (χ1) is 7.67. The second kappa shape index (κ2) is 6.51. The van der Waals surface area contributed by atoms with Gasteiger partial charge in [-0.2, -0.15) is 0 Å². The molecule has 0 spiro atoms. The first kappa shape index (κ1) is 13.0. The number of halogens is 1. The van der Waals surface area contributed by atoms with Crippen LogP contribution in [0.1, 0.15) is 23.7 Å². The van der Waals surface area contributed by atoms with E-state index >= 15 is 0 Å². The van der Waals surface area contributed by atoms with Crippen molar-refractivity contribution in [2.45, 2.75) is 19.4 Å². The van der Waals surface area contributed by atoms with Crippen LogP contribution in [0.25, 0.3) is 0 Å². The quantitative estimate of drug-likeness (QED) is 0.860. The fraction of sp³-hybridized carbons (Fsp3) is 0.417. The van der Waals surface area contributed by atoms with Gasteiger partial charge >= 0.3 is 0 Å². The van der Waals surface area contributed by atoms with E-state index in [1.165, 1.54) is 0 Å². The first-order valence-corrected chi connectivity index (χ1v) is 5.60. The molecule has 0 radical (unpaired) electrons. The number of methoxy groups -OCH3 is 1. The van der Waals surface area contributed by atoms with Crippen LogP contribution in [0.4, 0.5) is 0 Å². The second-order valence-corrected chi connectivity index (χ2v) is 3.98. The summed E-state index contributed by atoms with van der Waals surface area (Å²) in [5.41, 5.74) is 0.610. The summed E-state index contributed by atoms with van der Waals surface area (Å²) in [7, 11) is 1.62. The van der Waals surface area contributed by atoms with Gasteiger partial charge in [0.1, 0.15) is 0 Å². The number of benzene rings is 1. The lowest BCUT2D eigenvalue weighted by Gasteiger charge is -2.15. The smallest absolute Gasteiger partial charge is 0.251 e. The summed E-state index contributed by atoms with van der Waals surface area (Å²) in [5, 5.41) is 3.52. The van der Waals surface area contributed by atoms with Gasteiger partial charge in [0.05, 0.1) is 12.6 Å². The van der Waals surface area contributed by atoms with Crippen LogP contribution < -0.4 is 5.32 Å². The monoisotopic (exact) mass is 241 g/mol. The van der Waals surface area contributed by atoms with Gasteiger partial charge in [-0.15, -0.1) is 0 Å². The zero-order chi connectivity index (χ0) is 12.0. The minimum atomic E-state index is -0.0967. The van der Waals surface area contributed by atoms with Gasteiger partial charge in [0.2, 0.25) is 0 Å². The Morgan fingerprint density at radius 3 is 2.56 bits per heavy atom. The highest BCUT2D eigenvalue weighted by molar-refractivity contribution is 6.30. The maximum Gasteiger partial charge on any atom is 0.251 e. The van der Waals surface area contributed by atoms with Gasteiger partial charge in [-0.1, -0.05) is 18.5 Å². The molecule has 4 heteroatoms. The average Bonchev–Trinajstić information content (AvgIpc) is 2.29. The van der Waals surface area contributed by atoms with E-state index in [-0.39, 0.29) is 11.9 Å². The van der Waals surface area contributed by atoms with Gasteiger partial charge in [-0.05, 0) is 30.7 Å². The lowest BCUT2D eigenvalue weighted by molar-refractivity contribution is 0.0894. The number of amides is 1. The average molecular weight is 242 g/mol. The summed E-state index contributed by atoms with van der Waals surface area (Å²) in [6.45, 7) is 2.53. The minimum absolute atomic E-state index is 0.0492. The maximum absolute atomic E-state index is 11.8. The normalized spacial score (nSPS) is 12.2. The molecule has 0 unspecified atom stereocenters. The third-order valence-corrected chi connectivity index (χ3v) is 2.55. The summed E-state index contributed by atoms with van der Waals surface area (Å²) in [6.07, 6.45) is 0.840. The van der Waals surface area contributed by atoms with Crippen LogP contribution in [-0.2, 0) is 4.74 Å². The summed E-state index contributed by atoms with van der Waals surface area (Å²) < 4.78 is 5.01. The van der Waals surface area contributed by atoms with Crippen molar-refractivity contribution >= 4 is 17.5 Å². The van der Waals surface area contributed by atoms with E-state index in [9.17, 15) is 4.79 Å². The third-order valence-electron chi connectivity index (χ3n) is 2.30. The van der Waals surface area contributed by atoms with Gasteiger partial charge in [-0.25, -0.2) is 0 Å². The van der Waals surface area contributed by atoms with E-state index in [1.807, 2.05) is 6.92 Å². The summed E-state index contributed by atoms with van der Waals surface area (Å²) in [4.78, 5) is 11.8. The zero-order valence-electron chi connectivity index (χ0n) is 9.50. The molecule has 3 nitrogen and oxygen atoms in total. The van der Waals surface area contributed by atoms with Crippen molar-refractivity contribution < 1.29 is 9.53 Å². The number of carbonyl (C=O) groups excluding carboxylic acids is 1. The van der Waals surface area contributed by atoms with Crippen molar-refractivity contribution in [1.82, 2.24) is 5.32 Å². The van der Waals surface area contributed by atoms with Crippen molar-refractivity contribution in [2.24, 2.45) is 0 Å². The molecule has 0 aromatic heterocycles. The second-order valence-electron chi connectivity index (χ2n) is 3.54. The highest BCUT2D eigenvalue weighted by atomic mass is 35.5. The van der Waals surface area contributed by atoms with Gasteiger partial charge < -0.3 is 10.1 Å². The van der Waals surface area contributed by atoms with Crippen LogP contribution in [0.15, 0.2) is 24.3 Å². The van der Waals surface area contributed by atoms with Crippen molar-refractivity contribution in [3.05, 3.63) is 34.9 Å². The van der Waals surface area contributed by atoms with Crippen LogP contribution in [0.5, 0.6) is 0 Å². The minimum Gasteiger partial charge on any atom is -0.383 e. The lowest BCUT2D eigenvalue weighted by atomic mass is 10.2. The number of hydrogen-bond donors (Lipinski definition) is 1. The Hall–Kier alpha value is -1.06. The van der Waals surface area contributed by atoms with Crippen LogP contribution in [0.3, 0.4) is 0 Å². The predicted molar refractivity (Wildman–Crippen MR) is 64.9 cm³/mol. The van der Waals surface area contributed by atoms with Crippen molar-refractivity contribution in [3.8, 4) is 0 Å². The number of hydrogen-bond acceptors (Lipinski definition) is 2. The Morgan fingerprint density at radius 2 is 2.06 bits per heavy atom. The summed E-state index contributed by atoms with van der Waals surface area (Å²) in [5.74, 6) is -0.0967. The first-order valence-electron chi connectivity index (χ1n) is 5.22. The molecule has 1 aromatic carbocycles. The number of carbonyl (C=O) groups is 1. The Kier molecular flexibility index (Phi) is 5.29. The molecule has 0 aliphatic carbocycles. The Balaban J connectivity index is 2.60. The molecule has 0 saturated heterocycles. The molecule has 0 saturated carbocycles. The van der Waals surface area contributed by atoms with Crippen LogP contribution >= 0.6 is 11.6 Å². The van der Waals surface area contributed by atoms with Crippen LogP contribution in [-0.4, -0.2) is 25.7 Å².